The molecule has 0 saturated carbocycles. The first kappa shape index (κ1) is 33.0. The number of carbonyl (C=O) groups excluding carboxylic acids is 4. The van der Waals surface area contributed by atoms with Crippen LogP contribution in [0.5, 0.6) is 0 Å². The van der Waals surface area contributed by atoms with Crippen LogP contribution >= 0.6 is 11.8 Å². The number of aryl methyl sites for hydroxylation is 1. The number of carbonyl (C=O) groups is 4. The van der Waals surface area contributed by atoms with Gasteiger partial charge in [-0.25, -0.2) is 14.2 Å². The summed E-state index contributed by atoms with van der Waals surface area (Å²) < 4.78 is 13.6. The Morgan fingerprint density at radius 1 is 1.00 bits per heavy atom. The number of rotatable bonds is 8. The number of pyridine rings is 1. The second kappa shape index (κ2) is 13.7. The zero-order chi connectivity index (χ0) is 34.0. The van der Waals surface area contributed by atoms with Gasteiger partial charge in [-0.2, -0.15) is 0 Å². The number of fused-ring (bicyclic) bond motifs is 1. The van der Waals surface area contributed by atoms with Gasteiger partial charge in [0.25, 0.3) is 5.91 Å². The molecule has 1 N–H and O–H groups in total. The normalized spacial score (nSPS) is 20.1. The number of alkyl carbamates (subject to hydrolysis) is 1. The molecule has 0 bridgehead atoms. The predicted molar refractivity (Wildman–Crippen MR) is 180 cm³/mol. The quantitative estimate of drug-likeness (QED) is 0.162. The highest BCUT2D eigenvalue weighted by Crippen LogP contribution is 2.42. The Balaban J connectivity index is 1.32. The number of β-lactam (4-membered cyclic amide) rings is 1. The Labute approximate surface area is 284 Å². The Morgan fingerprint density at radius 3 is 2.27 bits per heavy atom. The van der Waals surface area contributed by atoms with Crippen LogP contribution in [-0.4, -0.2) is 63.0 Å². The van der Waals surface area contributed by atoms with Gasteiger partial charge in [-0.1, -0.05) is 66.7 Å². The molecule has 0 radical (unpaired) electrons. The summed E-state index contributed by atoms with van der Waals surface area (Å²) in [7, 11) is 1.94. The number of ether oxygens (including phenoxy) is 2. The van der Waals surface area contributed by atoms with Crippen LogP contribution in [0.3, 0.4) is 0 Å². The van der Waals surface area contributed by atoms with Gasteiger partial charge in [0.2, 0.25) is 11.6 Å². The number of hydrogen-bond acceptors (Lipinski definition) is 7. The smallest absolute Gasteiger partial charge is 0.408 e. The lowest BCUT2D eigenvalue weighted by atomic mass is 10.00. The summed E-state index contributed by atoms with van der Waals surface area (Å²) in [6.45, 7) is 6.23. The van der Waals surface area contributed by atoms with Crippen molar-refractivity contribution in [3.63, 3.8) is 0 Å². The average Bonchev–Trinajstić information content (AvgIpc) is 3.41. The number of aromatic nitrogens is 1. The molecule has 0 spiro atoms. The summed E-state index contributed by atoms with van der Waals surface area (Å²) in [5.41, 5.74) is 2.97. The van der Waals surface area contributed by atoms with Gasteiger partial charge in [0.1, 0.15) is 36.3 Å². The topological polar surface area (TPSA) is 109 Å². The minimum absolute atomic E-state index is 0.0797. The molecule has 48 heavy (non-hydrogen) atoms. The van der Waals surface area contributed by atoms with E-state index >= 15 is 0 Å². The standard InChI is InChI=1S/C37H38N4O6S/c1-37(2,3)47-36(45)38-29-33(43)41-30(35(44)46-31(24-13-7-5-8-14-24)25-15-9-6-10-16-25)27(23-48-34(29)41)21-26-18-20-40(32(26)42)22-28-17-11-12-19-39(28)4/h5-17,19,21,29,31,34H,18,20,22-23H2,1-4H3/p+1. The lowest BCUT2D eigenvalue weighted by Crippen LogP contribution is -2.70. The van der Waals surface area contributed by atoms with Gasteiger partial charge >= 0.3 is 12.1 Å². The van der Waals surface area contributed by atoms with Crippen LogP contribution in [0, 0.1) is 0 Å². The highest BCUT2D eigenvalue weighted by Gasteiger charge is 2.55. The number of likely N-dealkylation sites (tertiary alicyclic amines) is 1. The molecule has 3 aliphatic heterocycles. The third-order valence-corrected chi connectivity index (χ3v) is 9.67. The monoisotopic (exact) mass is 667 g/mol. The van der Waals surface area contributed by atoms with Crippen molar-refractivity contribution in [2.75, 3.05) is 12.3 Å². The summed E-state index contributed by atoms with van der Waals surface area (Å²) in [4.78, 5) is 57.3. The van der Waals surface area contributed by atoms with Crippen molar-refractivity contribution in [1.29, 1.82) is 0 Å². The van der Waals surface area contributed by atoms with Crippen molar-refractivity contribution < 1.29 is 33.2 Å². The number of amides is 3. The van der Waals surface area contributed by atoms with Crippen molar-refractivity contribution in [3.8, 4) is 0 Å². The molecule has 3 amide bonds. The van der Waals surface area contributed by atoms with E-state index in [1.54, 1.807) is 31.7 Å². The van der Waals surface area contributed by atoms with Gasteiger partial charge in [-0.3, -0.25) is 14.5 Å². The van der Waals surface area contributed by atoms with Crippen LogP contribution in [0.4, 0.5) is 4.79 Å². The van der Waals surface area contributed by atoms with Crippen LogP contribution in [0.2, 0.25) is 0 Å². The Kier molecular flexibility index (Phi) is 9.41. The second-order valence-corrected chi connectivity index (χ2v) is 14.1. The molecular formula is C37H39N4O6S+. The molecule has 2 aromatic carbocycles. The van der Waals surface area contributed by atoms with E-state index in [2.05, 4.69) is 5.32 Å². The molecule has 3 aromatic rings. The number of allylic oxidation sites excluding steroid dienone is 1. The van der Waals surface area contributed by atoms with Gasteiger partial charge in [-0.05, 0) is 50.0 Å². The molecule has 4 heterocycles. The van der Waals surface area contributed by atoms with Crippen LogP contribution in [0.25, 0.3) is 0 Å². The largest absolute Gasteiger partial charge is 0.448 e. The molecule has 0 aliphatic carbocycles. The fourth-order valence-corrected chi connectivity index (χ4v) is 7.31. The van der Waals surface area contributed by atoms with E-state index < -0.39 is 41.1 Å². The molecule has 2 unspecified atom stereocenters. The Morgan fingerprint density at radius 2 is 1.65 bits per heavy atom. The summed E-state index contributed by atoms with van der Waals surface area (Å²) in [5.74, 6) is -0.922. The first-order chi connectivity index (χ1) is 23.0. The first-order valence-electron chi connectivity index (χ1n) is 15.9. The molecule has 6 rings (SSSR count). The van der Waals surface area contributed by atoms with E-state index in [1.807, 2.05) is 96.7 Å². The third kappa shape index (κ3) is 7.01. The number of hydrogen-bond donors (Lipinski definition) is 1. The maximum absolute atomic E-state index is 14.3. The van der Waals surface area contributed by atoms with E-state index in [1.165, 1.54) is 16.7 Å². The minimum Gasteiger partial charge on any atom is -0.448 e. The lowest BCUT2D eigenvalue weighted by Gasteiger charge is -2.49. The zero-order valence-electron chi connectivity index (χ0n) is 27.4. The van der Waals surface area contributed by atoms with Gasteiger partial charge in [0, 0.05) is 30.0 Å². The molecule has 2 saturated heterocycles. The van der Waals surface area contributed by atoms with E-state index in [4.69, 9.17) is 9.47 Å². The highest BCUT2D eigenvalue weighted by atomic mass is 32.2. The van der Waals surface area contributed by atoms with Crippen LogP contribution in [-0.2, 0) is 37.4 Å². The van der Waals surface area contributed by atoms with Gasteiger partial charge in [0.05, 0.1) is 0 Å². The second-order valence-electron chi connectivity index (χ2n) is 13.0. The van der Waals surface area contributed by atoms with Gasteiger partial charge in [-0.15, -0.1) is 11.8 Å². The number of thioether (sulfide) groups is 1. The Bertz CT molecular complexity index is 1750. The lowest BCUT2D eigenvalue weighted by molar-refractivity contribution is -0.680. The van der Waals surface area contributed by atoms with Crippen molar-refractivity contribution in [2.45, 2.75) is 56.9 Å². The fourth-order valence-electron chi connectivity index (χ4n) is 6.01. The first-order valence-corrected chi connectivity index (χ1v) is 17.0. The molecule has 3 aliphatic rings. The van der Waals surface area contributed by atoms with Gasteiger partial charge in [0.15, 0.2) is 12.3 Å². The molecule has 248 valence electrons. The van der Waals surface area contributed by atoms with E-state index in [9.17, 15) is 19.2 Å². The summed E-state index contributed by atoms with van der Waals surface area (Å²) in [6, 6.07) is 23.8. The molecule has 2 atom stereocenters. The van der Waals surface area contributed by atoms with E-state index in [0.717, 1.165) is 16.8 Å². The maximum Gasteiger partial charge on any atom is 0.408 e. The summed E-state index contributed by atoms with van der Waals surface area (Å²) >= 11 is 1.41. The molecular weight excluding hydrogens is 628 g/mol. The van der Waals surface area contributed by atoms with Crippen LogP contribution < -0.4 is 9.88 Å². The molecule has 11 heteroatoms. The van der Waals surface area contributed by atoms with Crippen molar-refractivity contribution in [2.24, 2.45) is 7.05 Å². The maximum atomic E-state index is 14.3. The summed E-state index contributed by atoms with van der Waals surface area (Å²) in [6.07, 6.45) is 2.74. The number of nitrogens with zero attached hydrogens (tertiary/aromatic N) is 3. The van der Waals surface area contributed by atoms with Crippen LogP contribution in [0.15, 0.2) is 108 Å². The van der Waals surface area contributed by atoms with Crippen molar-refractivity contribution in [3.05, 3.63) is 125 Å². The van der Waals surface area contributed by atoms with Crippen LogP contribution in [0.1, 0.15) is 50.1 Å². The van der Waals surface area contributed by atoms with E-state index in [-0.39, 0.29) is 11.6 Å². The third-order valence-electron chi connectivity index (χ3n) is 8.37. The minimum atomic E-state index is -0.879. The number of nitrogens with one attached hydrogen (secondary N) is 1. The molecule has 1 aromatic heterocycles. The fraction of sp³-hybridized carbons (Fsp3) is 0.324. The zero-order valence-corrected chi connectivity index (χ0v) is 28.2. The van der Waals surface area contributed by atoms with E-state index in [0.29, 0.717) is 36.4 Å². The van der Waals surface area contributed by atoms with Crippen molar-refractivity contribution in [1.82, 2.24) is 15.1 Å². The molecule has 2 fully saturated rings. The number of esters is 1. The SMILES string of the molecule is C[n+]1ccccc1CN1CCC(=CC2=C(C(=O)OC(c3ccccc3)c3ccccc3)N3C(=O)C(NC(=O)OC(C)(C)C)C3SC2)C1=O. The predicted octanol–water partition coefficient (Wildman–Crippen LogP) is 4.57. The Hall–Kier alpha value is -4.90. The van der Waals surface area contributed by atoms with Crippen molar-refractivity contribution >= 4 is 35.6 Å². The summed E-state index contributed by atoms with van der Waals surface area (Å²) in [5, 5.41) is 2.13. The highest BCUT2D eigenvalue weighted by molar-refractivity contribution is 8.00. The average molecular weight is 668 g/mol. The van der Waals surface area contributed by atoms with Gasteiger partial charge < -0.3 is 19.7 Å². The number of benzene rings is 2. The molecule has 10 nitrogen and oxygen atoms in total.